The summed E-state index contributed by atoms with van der Waals surface area (Å²) in [6.45, 7) is 2.69. The summed E-state index contributed by atoms with van der Waals surface area (Å²) in [6.07, 6.45) is 0.523. The number of alkyl halides is 3. The number of rotatable bonds is 11. The van der Waals surface area contributed by atoms with E-state index in [0.29, 0.717) is 31.0 Å². The zero-order valence-electron chi connectivity index (χ0n) is 24.2. The Morgan fingerprint density at radius 3 is 2.21 bits per heavy atom. The van der Waals surface area contributed by atoms with E-state index in [2.05, 4.69) is 0 Å². The van der Waals surface area contributed by atoms with Crippen LogP contribution in [0.4, 0.5) is 13.2 Å². The summed E-state index contributed by atoms with van der Waals surface area (Å²) in [5, 5.41) is 0. The van der Waals surface area contributed by atoms with Crippen LogP contribution in [0.3, 0.4) is 0 Å². The van der Waals surface area contributed by atoms with Crippen molar-refractivity contribution in [2.75, 3.05) is 27.3 Å². The van der Waals surface area contributed by atoms with Gasteiger partial charge in [0.05, 0.1) is 26.3 Å². The Morgan fingerprint density at radius 2 is 1.62 bits per heavy atom. The second-order valence-electron chi connectivity index (χ2n) is 10.6. The summed E-state index contributed by atoms with van der Waals surface area (Å²) < 4.78 is 50.2. The number of hydrogen-bond acceptors (Lipinski definition) is 5. The van der Waals surface area contributed by atoms with Crippen molar-refractivity contribution in [2.24, 2.45) is 0 Å². The molecular formula is C32H37F3N2O4S. The van der Waals surface area contributed by atoms with Crippen molar-refractivity contribution in [3.63, 3.8) is 0 Å². The predicted molar refractivity (Wildman–Crippen MR) is 157 cm³/mol. The molecule has 6 nitrogen and oxygen atoms in total. The first-order valence-corrected chi connectivity index (χ1v) is 14.9. The minimum absolute atomic E-state index is 0.138. The molecule has 1 heterocycles. The molecule has 0 saturated heterocycles. The molecule has 1 aliphatic rings. The molecule has 4 rings (SSSR count). The summed E-state index contributed by atoms with van der Waals surface area (Å²) in [5.41, 5.74) is 0.303. The zero-order chi connectivity index (χ0) is 30.3. The number of carbonyl (C=O) groups excluding carboxylic acids is 2. The Morgan fingerprint density at radius 1 is 0.929 bits per heavy atom. The molecule has 0 bridgehead atoms. The Kier molecular flexibility index (Phi) is 10.5. The number of carbonyl (C=O) groups is 2. The number of benzene rings is 2. The standard InChI is InChI=1S/C32H37F3N2O4S/c1-22-9-15-27(42-22)20-36(18-17-23-10-16-28(40-2)29(19-23)41-3)30(38)21-37(26-7-5-4-6-8-26)31(39)24-11-13-25(14-12-24)32(33,34)35/h9-16,19,26H,4-8,17-18,20-21H2,1-3H3. The highest BCUT2D eigenvalue weighted by Crippen LogP contribution is 2.31. The number of aryl methyl sites for hydroxylation is 1. The zero-order valence-corrected chi connectivity index (χ0v) is 25.0. The molecule has 0 radical (unpaired) electrons. The predicted octanol–water partition coefficient (Wildman–Crippen LogP) is 7.14. The van der Waals surface area contributed by atoms with Gasteiger partial charge in [0.2, 0.25) is 5.91 Å². The van der Waals surface area contributed by atoms with Crippen molar-refractivity contribution in [2.45, 2.75) is 64.2 Å². The van der Waals surface area contributed by atoms with Crippen molar-refractivity contribution in [3.05, 3.63) is 81.0 Å². The van der Waals surface area contributed by atoms with Gasteiger partial charge in [-0.3, -0.25) is 9.59 Å². The molecule has 226 valence electrons. The van der Waals surface area contributed by atoms with E-state index in [4.69, 9.17) is 9.47 Å². The number of amides is 2. The lowest BCUT2D eigenvalue weighted by atomic mass is 9.93. The molecule has 10 heteroatoms. The van der Waals surface area contributed by atoms with Gasteiger partial charge in [0.15, 0.2) is 11.5 Å². The molecule has 1 aliphatic carbocycles. The van der Waals surface area contributed by atoms with Crippen LogP contribution < -0.4 is 9.47 Å². The van der Waals surface area contributed by atoms with Gasteiger partial charge in [-0.25, -0.2) is 0 Å². The van der Waals surface area contributed by atoms with Gasteiger partial charge in [-0.15, -0.1) is 11.3 Å². The molecule has 0 spiro atoms. The van der Waals surface area contributed by atoms with Gasteiger partial charge in [-0.2, -0.15) is 13.2 Å². The first-order valence-electron chi connectivity index (χ1n) is 14.1. The molecule has 2 aromatic carbocycles. The number of ether oxygens (including phenoxy) is 2. The van der Waals surface area contributed by atoms with Crippen molar-refractivity contribution in [1.29, 1.82) is 0 Å². The Hall–Kier alpha value is -3.53. The summed E-state index contributed by atoms with van der Waals surface area (Å²) >= 11 is 1.62. The number of thiophene rings is 1. The monoisotopic (exact) mass is 602 g/mol. The van der Waals surface area contributed by atoms with Gasteiger partial charge in [-0.05, 0) is 80.3 Å². The molecule has 0 atom stereocenters. The molecule has 3 aromatic rings. The van der Waals surface area contributed by atoms with E-state index < -0.39 is 17.6 Å². The van der Waals surface area contributed by atoms with Crippen molar-refractivity contribution >= 4 is 23.2 Å². The molecule has 0 aliphatic heterocycles. The average Bonchev–Trinajstić information content (AvgIpc) is 3.41. The number of nitrogens with zero attached hydrogens (tertiary/aromatic N) is 2. The van der Waals surface area contributed by atoms with Gasteiger partial charge in [0, 0.05) is 27.9 Å². The van der Waals surface area contributed by atoms with E-state index in [1.165, 1.54) is 12.1 Å². The van der Waals surface area contributed by atoms with Gasteiger partial charge in [0.25, 0.3) is 5.91 Å². The molecule has 1 fully saturated rings. The Bertz CT molecular complexity index is 1350. The van der Waals surface area contributed by atoms with Crippen LogP contribution in [0.25, 0.3) is 0 Å². The van der Waals surface area contributed by atoms with Crippen LogP contribution in [-0.4, -0.2) is 55.0 Å². The van der Waals surface area contributed by atoms with Gasteiger partial charge < -0.3 is 19.3 Å². The van der Waals surface area contributed by atoms with Gasteiger partial charge in [0.1, 0.15) is 6.54 Å². The van der Waals surface area contributed by atoms with E-state index >= 15 is 0 Å². The highest BCUT2D eigenvalue weighted by Gasteiger charge is 2.32. The summed E-state index contributed by atoms with van der Waals surface area (Å²) in [6, 6.07) is 13.8. The average molecular weight is 603 g/mol. The molecular weight excluding hydrogens is 565 g/mol. The van der Waals surface area contributed by atoms with Crippen molar-refractivity contribution in [1.82, 2.24) is 9.80 Å². The highest BCUT2D eigenvalue weighted by molar-refractivity contribution is 7.11. The van der Waals surface area contributed by atoms with Crippen LogP contribution in [-0.2, 0) is 23.9 Å². The lowest BCUT2D eigenvalue weighted by Crippen LogP contribution is -2.48. The first-order chi connectivity index (χ1) is 20.1. The number of hydrogen-bond donors (Lipinski definition) is 0. The molecule has 1 aromatic heterocycles. The topological polar surface area (TPSA) is 59.1 Å². The summed E-state index contributed by atoms with van der Waals surface area (Å²) in [4.78, 5) is 33.1. The second-order valence-corrected chi connectivity index (χ2v) is 11.9. The third-order valence-electron chi connectivity index (χ3n) is 7.65. The first kappa shape index (κ1) is 31.4. The maximum absolute atomic E-state index is 13.9. The maximum Gasteiger partial charge on any atom is 0.416 e. The van der Waals surface area contributed by atoms with E-state index in [9.17, 15) is 22.8 Å². The SMILES string of the molecule is COc1ccc(CCN(Cc2ccc(C)s2)C(=O)CN(C(=O)c2ccc(C(F)(F)F)cc2)C2CCCCC2)cc1OC. The molecule has 0 N–H and O–H groups in total. The van der Waals surface area contributed by atoms with Crippen LogP contribution in [0, 0.1) is 6.92 Å². The fourth-order valence-electron chi connectivity index (χ4n) is 5.32. The third kappa shape index (κ3) is 8.06. The number of halogens is 3. The normalized spacial score (nSPS) is 14.0. The Labute approximate surface area is 249 Å². The molecule has 2 amide bonds. The fraction of sp³-hybridized carbons (Fsp3) is 0.438. The second kappa shape index (κ2) is 14.1. The lowest BCUT2D eigenvalue weighted by molar-refractivity contribution is -0.137. The van der Waals surface area contributed by atoms with Gasteiger partial charge in [-0.1, -0.05) is 25.3 Å². The van der Waals surface area contributed by atoms with Crippen molar-refractivity contribution < 1.29 is 32.2 Å². The molecule has 1 saturated carbocycles. The molecule has 0 unspecified atom stereocenters. The smallest absolute Gasteiger partial charge is 0.416 e. The Balaban J connectivity index is 1.56. The van der Waals surface area contributed by atoms with Crippen LogP contribution in [0.5, 0.6) is 11.5 Å². The quantitative estimate of drug-likeness (QED) is 0.234. The minimum atomic E-state index is -4.49. The van der Waals surface area contributed by atoms with Crippen LogP contribution >= 0.6 is 11.3 Å². The largest absolute Gasteiger partial charge is 0.493 e. The van der Waals surface area contributed by atoms with Crippen LogP contribution in [0.2, 0.25) is 0 Å². The maximum atomic E-state index is 13.9. The van der Waals surface area contributed by atoms with Crippen LogP contribution in [0.15, 0.2) is 54.6 Å². The van der Waals surface area contributed by atoms with E-state index in [1.54, 1.807) is 35.4 Å². The molecule has 42 heavy (non-hydrogen) atoms. The number of methoxy groups -OCH3 is 2. The van der Waals surface area contributed by atoms with Gasteiger partial charge >= 0.3 is 6.18 Å². The fourth-order valence-corrected chi connectivity index (χ4v) is 6.23. The summed E-state index contributed by atoms with van der Waals surface area (Å²) in [7, 11) is 3.15. The summed E-state index contributed by atoms with van der Waals surface area (Å²) in [5.74, 6) is 0.601. The van der Waals surface area contributed by atoms with E-state index in [0.717, 1.165) is 59.6 Å². The van der Waals surface area contributed by atoms with Crippen molar-refractivity contribution in [3.8, 4) is 11.5 Å². The van der Waals surface area contributed by atoms with E-state index in [-0.39, 0.29) is 24.1 Å². The lowest BCUT2D eigenvalue weighted by Gasteiger charge is -2.35. The van der Waals surface area contributed by atoms with E-state index in [1.807, 2.05) is 37.3 Å². The minimum Gasteiger partial charge on any atom is -0.493 e. The highest BCUT2D eigenvalue weighted by atomic mass is 32.1. The van der Waals surface area contributed by atoms with Crippen LogP contribution in [0.1, 0.15) is 63.3 Å². The third-order valence-corrected chi connectivity index (χ3v) is 8.64.